The van der Waals surface area contributed by atoms with E-state index in [0.29, 0.717) is 5.84 Å². The molecule has 0 aromatic carbocycles. The highest BCUT2D eigenvalue weighted by Crippen LogP contribution is 2.03. The van der Waals surface area contributed by atoms with Gasteiger partial charge in [0.25, 0.3) is 5.91 Å². The van der Waals surface area contributed by atoms with E-state index in [4.69, 9.17) is 0 Å². The van der Waals surface area contributed by atoms with Gasteiger partial charge in [-0.15, -0.1) is 0 Å². The maximum Gasteiger partial charge on any atom is 0.290 e. The number of carbonyl (C=O) groups excluding carboxylic acids is 1. The summed E-state index contributed by atoms with van der Waals surface area (Å²) in [6.07, 6.45) is 4.58. The van der Waals surface area contributed by atoms with Crippen LogP contribution in [-0.4, -0.2) is 27.7 Å². The maximum absolute atomic E-state index is 10.7. The smallest absolute Gasteiger partial charge is 0.275 e. The first-order valence-electron chi connectivity index (χ1n) is 3.41. The number of nitrogens with zero attached hydrogens (tertiary/aromatic N) is 4. The molecule has 5 nitrogen and oxygen atoms in total. The van der Waals surface area contributed by atoms with Crippen LogP contribution in [0.2, 0.25) is 0 Å². The highest BCUT2D eigenvalue weighted by Gasteiger charge is 2.11. The average Bonchev–Trinajstić information content (AvgIpc) is 2.58. The van der Waals surface area contributed by atoms with Gasteiger partial charge in [0.15, 0.2) is 5.84 Å². The molecule has 1 aromatic rings. The lowest BCUT2D eigenvalue weighted by atomic mass is 10.3. The molecule has 0 aliphatic carbocycles. The fourth-order valence-electron chi connectivity index (χ4n) is 0.954. The maximum atomic E-state index is 10.7. The van der Waals surface area contributed by atoms with E-state index in [2.05, 4.69) is 15.1 Å². The number of hydrogen-bond acceptors (Lipinski definition) is 3. The zero-order valence-corrected chi connectivity index (χ0v) is 6.43. The largest absolute Gasteiger partial charge is 0.290 e. The van der Waals surface area contributed by atoms with Crippen molar-refractivity contribution in [2.45, 2.75) is 0 Å². The molecule has 0 N–H and O–H groups in total. The van der Waals surface area contributed by atoms with Crippen LogP contribution in [0.3, 0.4) is 0 Å². The number of hydrogen-bond donors (Lipinski definition) is 0. The van der Waals surface area contributed by atoms with Crippen molar-refractivity contribution in [3.05, 3.63) is 18.0 Å². The number of aryl methyl sites for hydroxylation is 1. The van der Waals surface area contributed by atoms with Crippen molar-refractivity contribution in [2.24, 2.45) is 17.0 Å². The van der Waals surface area contributed by atoms with Gasteiger partial charge < -0.3 is 0 Å². The third-order valence-corrected chi connectivity index (χ3v) is 1.48. The normalized spacial score (nSPS) is 15.4. The van der Waals surface area contributed by atoms with Gasteiger partial charge in [-0.3, -0.25) is 9.48 Å². The second kappa shape index (κ2) is 2.37. The lowest BCUT2D eigenvalue weighted by Gasteiger charge is -1.86. The second-order valence-electron chi connectivity index (χ2n) is 2.43. The number of aliphatic imine (C=N–C) groups is 2. The Kier molecular flexibility index (Phi) is 1.36. The van der Waals surface area contributed by atoms with Crippen molar-refractivity contribution in [3.63, 3.8) is 0 Å². The van der Waals surface area contributed by atoms with E-state index in [1.807, 2.05) is 0 Å². The van der Waals surface area contributed by atoms with Gasteiger partial charge in [0.1, 0.15) is 0 Å². The van der Waals surface area contributed by atoms with Crippen molar-refractivity contribution < 1.29 is 4.79 Å². The van der Waals surface area contributed by atoms with Crippen LogP contribution in [0.25, 0.3) is 0 Å². The molecule has 0 saturated carbocycles. The quantitative estimate of drug-likeness (QED) is 0.573. The minimum absolute atomic E-state index is 0.311. The van der Waals surface area contributed by atoms with E-state index in [9.17, 15) is 4.79 Å². The van der Waals surface area contributed by atoms with E-state index in [-0.39, 0.29) is 5.91 Å². The van der Waals surface area contributed by atoms with Crippen molar-refractivity contribution >= 4 is 18.0 Å². The summed E-state index contributed by atoms with van der Waals surface area (Å²) in [5.74, 6) is 0.127. The van der Waals surface area contributed by atoms with E-state index in [1.54, 1.807) is 24.1 Å². The number of amidine groups is 1. The molecule has 5 heteroatoms. The number of aromatic nitrogens is 2. The summed E-state index contributed by atoms with van der Waals surface area (Å²) in [6, 6.07) is 0. The first-order valence-corrected chi connectivity index (χ1v) is 3.41. The Hall–Kier alpha value is -1.78. The number of rotatable bonds is 1. The number of carbonyl (C=O) groups is 1. The Balaban J connectivity index is 2.39. The predicted molar refractivity (Wildman–Crippen MR) is 43.2 cm³/mol. The molecule has 12 heavy (non-hydrogen) atoms. The molecule has 0 unspecified atom stereocenters. The van der Waals surface area contributed by atoms with Gasteiger partial charge in [-0.25, -0.2) is 4.99 Å². The van der Waals surface area contributed by atoms with E-state index in [0.717, 1.165) is 5.56 Å². The lowest BCUT2D eigenvalue weighted by Crippen LogP contribution is -1.92. The molecular weight excluding hydrogens is 156 g/mol. The predicted octanol–water partition coefficient (Wildman–Crippen LogP) is -0.222. The Morgan fingerprint density at radius 3 is 2.83 bits per heavy atom. The average molecular weight is 162 g/mol. The Bertz CT molecular complexity index is 388. The van der Waals surface area contributed by atoms with Crippen molar-refractivity contribution in [3.8, 4) is 0 Å². The topological polar surface area (TPSA) is 59.6 Å². The summed E-state index contributed by atoms with van der Waals surface area (Å²) in [7, 11) is 1.80. The van der Waals surface area contributed by atoms with Crippen molar-refractivity contribution in [2.75, 3.05) is 0 Å². The Morgan fingerprint density at radius 2 is 2.33 bits per heavy atom. The van der Waals surface area contributed by atoms with E-state index in [1.165, 1.54) is 6.21 Å². The van der Waals surface area contributed by atoms with Crippen LogP contribution in [0, 0.1) is 0 Å². The summed E-state index contributed by atoms with van der Waals surface area (Å²) >= 11 is 0. The molecule has 2 heterocycles. The molecular formula is C7H6N4O. The number of amides is 1. The van der Waals surface area contributed by atoms with Gasteiger partial charge in [-0.05, 0) is 0 Å². The van der Waals surface area contributed by atoms with Crippen LogP contribution in [0.4, 0.5) is 0 Å². The van der Waals surface area contributed by atoms with Gasteiger partial charge >= 0.3 is 0 Å². The van der Waals surface area contributed by atoms with Crippen LogP contribution in [0.15, 0.2) is 22.4 Å². The molecule has 1 amide bonds. The molecule has 0 fully saturated rings. The fourth-order valence-corrected chi connectivity index (χ4v) is 0.954. The van der Waals surface area contributed by atoms with Crippen LogP contribution in [-0.2, 0) is 11.8 Å². The SMILES string of the molecule is Cn1cc(C2=NC(=O)C=N2)cn1. The molecule has 0 bridgehead atoms. The summed E-state index contributed by atoms with van der Waals surface area (Å²) in [6.45, 7) is 0. The van der Waals surface area contributed by atoms with Crippen molar-refractivity contribution in [1.29, 1.82) is 0 Å². The van der Waals surface area contributed by atoms with E-state index >= 15 is 0 Å². The molecule has 60 valence electrons. The molecule has 0 saturated heterocycles. The van der Waals surface area contributed by atoms with Gasteiger partial charge in [0.05, 0.1) is 18.0 Å². The van der Waals surface area contributed by atoms with Gasteiger partial charge in [-0.1, -0.05) is 0 Å². The van der Waals surface area contributed by atoms with Crippen LogP contribution in [0.5, 0.6) is 0 Å². The summed E-state index contributed by atoms with van der Waals surface area (Å²) in [5, 5.41) is 3.94. The first-order chi connectivity index (χ1) is 5.75. The molecule has 0 spiro atoms. The highest BCUT2D eigenvalue weighted by molar-refractivity contribution is 6.36. The fraction of sp³-hybridized carbons (Fsp3) is 0.143. The summed E-state index contributed by atoms with van der Waals surface area (Å²) < 4.78 is 1.64. The van der Waals surface area contributed by atoms with Crippen LogP contribution < -0.4 is 0 Å². The van der Waals surface area contributed by atoms with Gasteiger partial charge in [0.2, 0.25) is 0 Å². The highest BCUT2D eigenvalue weighted by atomic mass is 16.1. The molecule has 1 aromatic heterocycles. The Morgan fingerprint density at radius 1 is 1.50 bits per heavy atom. The third-order valence-electron chi connectivity index (χ3n) is 1.48. The van der Waals surface area contributed by atoms with E-state index < -0.39 is 0 Å². The molecule has 2 rings (SSSR count). The third kappa shape index (κ3) is 1.05. The van der Waals surface area contributed by atoms with Gasteiger partial charge in [0, 0.05) is 13.2 Å². The molecule has 1 aliphatic heterocycles. The van der Waals surface area contributed by atoms with Crippen molar-refractivity contribution in [1.82, 2.24) is 9.78 Å². The standard InChI is InChI=1S/C7H6N4O/c1-11-4-5(2-9-11)7-8-3-6(12)10-7/h2-4H,1H3. The monoisotopic (exact) mass is 162 g/mol. The zero-order chi connectivity index (χ0) is 8.55. The second-order valence-corrected chi connectivity index (χ2v) is 2.43. The molecule has 0 radical (unpaired) electrons. The minimum Gasteiger partial charge on any atom is -0.275 e. The van der Waals surface area contributed by atoms with Crippen LogP contribution in [0.1, 0.15) is 5.56 Å². The minimum atomic E-state index is -0.311. The molecule has 1 aliphatic rings. The van der Waals surface area contributed by atoms with Gasteiger partial charge in [-0.2, -0.15) is 10.1 Å². The van der Waals surface area contributed by atoms with Crippen LogP contribution >= 0.6 is 0 Å². The molecule has 0 atom stereocenters. The summed E-state index contributed by atoms with van der Waals surface area (Å²) in [4.78, 5) is 18.2. The first kappa shape index (κ1) is 6.90. The zero-order valence-electron chi connectivity index (χ0n) is 6.43. The summed E-state index contributed by atoms with van der Waals surface area (Å²) in [5.41, 5.74) is 0.764. The lowest BCUT2D eigenvalue weighted by molar-refractivity contribution is -0.111. The Labute approximate surface area is 68.4 Å².